The summed E-state index contributed by atoms with van der Waals surface area (Å²) >= 11 is 15.0. The van der Waals surface area contributed by atoms with E-state index in [-0.39, 0.29) is 0 Å². The minimum atomic E-state index is 0.554. The molecule has 0 atom stereocenters. The summed E-state index contributed by atoms with van der Waals surface area (Å²) in [5, 5.41) is 9.58. The second-order valence-corrected chi connectivity index (χ2v) is 8.08. The summed E-state index contributed by atoms with van der Waals surface area (Å²) in [5.41, 5.74) is 4.05. The van der Waals surface area contributed by atoms with Crippen LogP contribution >= 0.6 is 45.8 Å². The Labute approximate surface area is 170 Å². The molecule has 4 rings (SSSR count). The van der Waals surface area contributed by atoms with Gasteiger partial charge in [0.1, 0.15) is 5.82 Å². The number of benzene rings is 2. The highest BCUT2D eigenvalue weighted by Crippen LogP contribution is 2.39. The third kappa shape index (κ3) is 3.27. The van der Waals surface area contributed by atoms with Crippen LogP contribution in [0.3, 0.4) is 0 Å². The Kier molecular flexibility index (Phi) is 4.93. The van der Waals surface area contributed by atoms with E-state index < -0.39 is 0 Å². The van der Waals surface area contributed by atoms with E-state index in [1.165, 1.54) is 9.13 Å². The van der Waals surface area contributed by atoms with Crippen molar-refractivity contribution in [2.45, 2.75) is 19.3 Å². The lowest BCUT2D eigenvalue weighted by Crippen LogP contribution is -2.07. The van der Waals surface area contributed by atoms with Crippen LogP contribution in [0.2, 0.25) is 10.0 Å². The molecule has 0 fully saturated rings. The van der Waals surface area contributed by atoms with Gasteiger partial charge >= 0.3 is 0 Å². The number of hydrogen-bond acceptors (Lipinski definition) is 2. The third-order valence-corrected chi connectivity index (χ3v) is 5.95. The van der Waals surface area contributed by atoms with Crippen LogP contribution in [0.5, 0.6) is 0 Å². The zero-order valence-corrected chi connectivity index (χ0v) is 17.1. The molecule has 6 heteroatoms. The maximum atomic E-state index is 6.48. The van der Waals surface area contributed by atoms with Crippen LogP contribution in [-0.2, 0) is 6.42 Å². The van der Waals surface area contributed by atoms with Gasteiger partial charge in [-0.3, -0.25) is 0 Å². The SMILES string of the molecule is Clc1cccc(-c2nn(-c3ccc(I)cc3)c3c2CCCCN3)c1Cl. The summed E-state index contributed by atoms with van der Waals surface area (Å²) in [7, 11) is 0. The van der Waals surface area contributed by atoms with Gasteiger partial charge in [0.25, 0.3) is 0 Å². The highest BCUT2D eigenvalue weighted by atomic mass is 127. The predicted octanol–water partition coefficient (Wildman–Crippen LogP) is 6.20. The molecule has 1 N–H and O–H groups in total. The topological polar surface area (TPSA) is 29.9 Å². The number of fused-ring (bicyclic) bond motifs is 1. The summed E-state index contributed by atoms with van der Waals surface area (Å²) in [6.45, 7) is 0.950. The Bertz CT molecular complexity index is 919. The number of aromatic nitrogens is 2. The largest absolute Gasteiger partial charge is 0.370 e. The molecule has 2 heterocycles. The Morgan fingerprint density at radius 1 is 1.04 bits per heavy atom. The number of halogens is 3. The van der Waals surface area contributed by atoms with Gasteiger partial charge in [0, 0.05) is 21.2 Å². The zero-order valence-electron chi connectivity index (χ0n) is 13.4. The lowest BCUT2D eigenvalue weighted by atomic mass is 10.0. The minimum absolute atomic E-state index is 0.554. The molecule has 0 amide bonds. The summed E-state index contributed by atoms with van der Waals surface area (Å²) in [5.74, 6) is 1.06. The molecule has 1 aromatic heterocycles. The van der Waals surface area contributed by atoms with Crippen LogP contribution in [0.25, 0.3) is 16.9 Å². The predicted molar refractivity (Wildman–Crippen MR) is 113 cm³/mol. The van der Waals surface area contributed by atoms with Crippen molar-refractivity contribution in [2.75, 3.05) is 11.9 Å². The van der Waals surface area contributed by atoms with Gasteiger partial charge in [-0.1, -0.05) is 35.3 Å². The second kappa shape index (κ2) is 7.17. The first-order chi connectivity index (χ1) is 12.1. The van der Waals surface area contributed by atoms with Crippen molar-refractivity contribution in [2.24, 2.45) is 0 Å². The molecule has 2 aromatic carbocycles. The summed E-state index contributed by atoms with van der Waals surface area (Å²) in [6, 6.07) is 14.1. The number of anilines is 1. The first-order valence-corrected chi connectivity index (χ1v) is 10.0. The molecule has 0 unspecified atom stereocenters. The molecule has 1 aliphatic heterocycles. The summed E-state index contributed by atoms with van der Waals surface area (Å²) in [6.07, 6.45) is 3.25. The van der Waals surface area contributed by atoms with Gasteiger partial charge in [-0.05, 0) is 72.2 Å². The zero-order chi connectivity index (χ0) is 17.4. The van der Waals surface area contributed by atoms with Crippen molar-refractivity contribution in [3.05, 3.63) is 61.6 Å². The normalized spacial score (nSPS) is 13.9. The monoisotopic (exact) mass is 483 g/mol. The molecule has 0 spiro atoms. The molecule has 0 saturated carbocycles. The molecule has 0 saturated heterocycles. The Morgan fingerprint density at radius 3 is 2.64 bits per heavy atom. The van der Waals surface area contributed by atoms with Gasteiger partial charge in [0.15, 0.2) is 0 Å². The third-order valence-electron chi connectivity index (χ3n) is 4.41. The fraction of sp³-hybridized carbons (Fsp3) is 0.211. The fourth-order valence-electron chi connectivity index (χ4n) is 3.17. The average molecular weight is 484 g/mol. The lowest BCUT2D eigenvalue weighted by Gasteiger charge is -2.09. The highest BCUT2D eigenvalue weighted by Gasteiger charge is 2.23. The van der Waals surface area contributed by atoms with E-state index in [0.717, 1.165) is 48.6 Å². The van der Waals surface area contributed by atoms with E-state index in [2.05, 4.69) is 52.2 Å². The van der Waals surface area contributed by atoms with Gasteiger partial charge in [0.2, 0.25) is 0 Å². The van der Waals surface area contributed by atoms with Crippen molar-refractivity contribution < 1.29 is 0 Å². The Morgan fingerprint density at radius 2 is 1.84 bits per heavy atom. The molecular formula is C19H16Cl2IN3. The molecule has 1 aliphatic rings. The van der Waals surface area contributed by atoms with Crippen LogP contribution in [0, 0.1) is 3.57 Å². The lowest BCUT2D eigenvalue weighted by molar-refractivity contribution is 0.780. The van der Waals surface area contributed by atoms with E-state index in [0.29, 0.717) is 10.0 Å². The first kappa shape index (κ1) is 17.2. The maximum absolute atomic E-state index is 6.48. The smallest absolute Gasteiger partial charge is 0.133 e. The van der Waals surface area contributed by atoms with Crippen LogP contribution in [0.1, 0.15) is 18.4 Å². The van der Waals surface area contributed by atoms with Gasteiger partial charge in [0.05, 0.1) is 21.4 Å². The van der Waals surface area contributed by atoms with Crippen LogP contribution in [0.4, 0.5) is 5.82 Å². The summed E-state index contributed by atoms with van der Waals surface area (Å²) < 4.78 is 3.19. The standard InChI is InChI=1S/C19H16Cl2IN3/c20-16-6-3-5-14(17(16)21)18-15-4-1-2-11-23-19(15)25(24-18)13-9-7-12(22)8-10-13/h3,5-10,23H,1-2,4,11H2. The highest BCUT2D eigenvalue weighted by molar-refractivity contribution is 14.1. The molecule has 25 heavy (non-hydrogen) atoms. The van der Waals surface area contributed by atoms with Crippen molar-refractivity contribution in [3.8, 4) is 16.9 Å². The number of nitrogens with zero attached hydrogens (tertiary/aromatic N) is 2. The van der Waals surface area contributed by atoms with Gasteiger partial charge in [-0.2, -0.15) is 5.10 Å². The van der Waals surface area contributed by atoms with Crippen molar-refractivity contribution in [3.63, 3.8) is 0 Å². The van der Waals surface area contributed by atoms with Gasteiger partial charge in [-0.25, -0.2) is 4.68 Å². The van der Waals surface area contributed by atoms with Gasteiger partial charge < -0.3 is 5.32 Å². The van der Waals surface area contributed by atoms with E-state index in [9.17, 15) is 0 Å². The number of hydrogen-bond donors (Lipinski definition) is 1. The molecule has 0 radical (unpaired) electrons. The maximum Gasteiger partial charge on any atom is 0.133 e. The minimum Gasteiger partial charge on any atom is -0.370 e. The molecule has 0 aliphatic carbocycles. The van der Waals surface area contributed by atoms with Crippen LogP contribution < -0.4 is 5.32 Å². The van der Waals surface area contributed by atoms with Crippen molar-refractivity contribution in [1.82, 2.24) is 9.78 Å². The Hall–Kier alpha value is -1.24. The Balaban J connectivity index is 1.93. The first-order valence-electron chi connectivity index (χ1n) is 8.21. The van der Waals surface area contributed by atoms with Gasteiger partial charge in [-0.15, -0.1) is 0 Å². The molecule has 0 bridgehead atoms. The fourth-order valence-corrected chi connectivity index (χ4v) is 3.92. The summed E-state index contributed by atoms with van der Waals surface area (Å²) in [4.78, 5) is 0. The van der Waals surface area contributed by atoms with Crippen molar-refractivity contribution in [1.29, 1.82) is 0 Å². The van der Waals surface area contributed by atoms with E-state index in [1.807, 2.05) is 16.8 Å². The van der Waals surface area contributed by atoms with Crippen LogP contribution in [-0.4, -0.2) is 16.3 Å². The van der Waals surface area contributed by atoms with E-state index in [1.54, 1.807) is 6.07 Å². The number of nitrogens with one attached hydrogen (secondary N) is 1. The average Bonchev–Trinajstić information content (AvgIpc) is 2.80. The molecular weight excluding hydrogens is 468 g/mol. The second-order valence-electron chi connectivity index (χ2n) is 6.05. The quantitative estimate of drug-likeness (QED) is 0.440. The van der Waals surface area contributed by atoms with E-state index >= 15 is 0 Å². The van der Waals surface area contributed by atoms with Crippen molar-refractivity contribution >= 4 is 51.6 Å². The van der Waals surface area contributed by atoms with E-state index in [4.69, 9.17) is 28.3 Å². The van der Waals surface area contributed by atoms with Crippen LogP contribution in [0.15, 0.2) is 42.5 Å². The number of rotatable bonds is 2. The molecule has 128 valence electrons. The molecule has 3 nitrogen and oxygen atoms in total. The molecule has 3 aromatic rings.